The van der Waals surface area contributed by atoms with Gasteiger partial charge in [0.2, 0.25) is 0 Å². The molecule has 13 nitrogen and oxygen atoms in total. The minimum absolute atomic E-state index is 0.00880. The number of nitro groups is 1. The summed E-state index contributed by atoms with van der Waals surface area (Å²) in [6.07, 6.45) is 9.56. The molecule has 2 atom stereocenters. The number of carbonyl (C=O) groups is 1. The molecule has 2 heterocycles. The van der Waals surface area contributed by atoms with Gasteiger partial charge in [-0.3, -0.25) is 19.8 Å². The lowest BCUT2D eigenvalue weighted by atomic mass is 9.48. The van der Waals surface area contributed by atoms with Gasteiger partial charge in [0.15, 0.2) is 0 Å². The smallest absolute Gasteiger partial charge is 0.293 e. The number of nitrogens with one attached hydrogen (secondary N) is 3. The van der Waals surface area contributed by atoms with E-state index in [0.29, 0.717) is 18.2 Å². The van der Waals surface area contributed by atoms with Gasteiger partial charge in [-0.1, -0.05) is 43.2 Å². The quantitative estimate of drug-likeness (QED) is 0.0658. The lowest BCUT2D eigenvalue weighted by molar-refractivity contribution is -0.384. The third-order valence-electron chi connectivity index (χ3n) is 15.2. The fourth-order valence-electron chi connectivity index (χ4n) is 12.0. The van der Waals surface area contributed by atoms with Crippen molar-refractivity contribution in [3.05, 3.63) is 123 Å². The van der Waals surface area contributed by atoms with Gasteiger partial charge in [-0.2, -0.15) is 0 Å². The van der Waals surface area contributed by atoms with Crippen LogP contribution in [0, 0.1) is 38.7 Å². The largest absolute Gasteiger partial charge is 0.456 e. The topological polar surface area (TPSA) is 170 Å². The number of carbonyl (C=O) groups excluding carboxylic acids is 1. The number of aliphatic hydroxyl groups is 1. The standard InChI is InChI=1S/C51H57ClN6O7S/c1-50(2)15-13-35(43(29-50)33-3-5-38(52)6-4-33)30-56-17-19-57(20-18-56)39-7-10-42(47(24-39)65-40-8-11-44-34(23-40)14-16-53-44)49(60)55-66(63,64)41-9-12-45(46(25-41)58(61)62)54-31-51-26-32-21-36(27-51)48(59)37(22-32)28-51/h3-12,14,16,23-25,32,36-37,48,53-54,59H,13,15,17-22,26-31H2,1-2H3,(H,55,60)/t32?,36-,37-,48?,51?/m1/s1. The molecule has 15 heteroatoms. The van der Waals surface area contributed by atoms with E-state index in [0.717, 1.165) is 112 Å². The number of H-pyrrole nitrogens is 1. The molecule has 5 aliphatic carbocycles. The summed E-state index contributed by atoms with van der Waals surface area (Å²) >= 11 is 6.26. The van der Waals surface area contributed by atoms with E-state index in [-0.39, 0.29) is 45.8 Å². The van der Waals surface area contributed by atoms with Crippen LogP contribution in [-0.2, 0) is 10.0 Å². The zero-order valence-electron chi connectivity index (χ0n) is 37.4. The number of nitrogens with zero attached hydrogens (tertiary/aromatic N) is 3. The van der Waals surface area contributed by atoms with Gasteiger partial charge in [-0.25, -0.2) is 13.1 Å². The van der Waals surface area contributed by atoms with Crippen molar-refractivity contribution in [2.75, 3.05) is 49.5 Å². The number of nitro benzene ring substituents is 1. The van der Waals surface area contributed by atoms with Crippen molar-refractivity contribution in [1.29, 1.82) is 0 Å². The molecule has 0 radical (unpaired) electrons. The van der Waals surface area contributed by atoms with Gasteiger partial charge in [0, 0.05) is 79.2 Å². The minimum Gasteiger partial charge on any atom is -0.456 e. The van der Waals surface area contributed by atoms with Crippen molar-refractivity contribution in [1.82, 2.24) is 14.6 Å². The van der Waals surface area contributed by atoms with Gasteiger partial charge >= 0.3 is 0 Å². The Morgan fingerprint density at radius 1 is 0.955 bits per heavy atom. The lowest BCUT2D eigenvalue weighted by Gasteiger charge is -2.59. The van der Waals surface area contributed by atoms with E-state index in [4.69, 9.17) is 16.3 Å². The summed E-state index contributed by atoms with van der Waals surface area (Å²) in [6.45, 7) is 9.19. The van der Waals surface area contributed by atoms with Crippen LogP contribution >= 0.6 is 11.6 Å². The molecule has 0 unspecified atom stereocenters. The molecule has 66 heavy (non-hydrogen) atoms. The molecule has 11 rings (SSSR count). The van der Waals surface area contributed by atoms with Crippen LogP contribution in [0.4, 0.5) is 17.1 Å². The molecule has 5 aromatic rings. The second-order valence-corrected chi connectivity index (χ2v) is 22.5. The number of ether oxygens (including phenoxy) is 1. The maximum atomic E-state index is 14.1. The molecule has 1 aliphatic heterocycles. The summed E-state index contributed by atoms with van der Waals surface area (Å²) in [5, 5.41) is 28.0. The highest BCUT2D eigenvalue weighted by Gasteiger charge is 2.55. The number of anilines is 2. The Morgan fingerprint density at radius 3 is 2.45 bits per heavy atom. The molecule has 4 aromatic carbocycles. The second-order valence-electron chi connectivity index (χ2n) is 20.4. The van der Waals surface area contributed by atoms with Gasteiger partial charge in [0.05, 0.1) is 21.5 Å². The average Bonchev–Trinajstić information content (AvgIpc) is 3.76. The third-order valence-corrected chi connectivity index (χ3v) is 16.8. The molecule has 1 amide bonds. The SMILES string of the molecule is CC1(C)CCC(CN2CCN(c3ccc(C(=O)NS(=O)(=O)c4ccc(NCC56CC7C[C@H](C5)C(O)[C@H](C7)C6)c([N+](=O)[O-])c4)c(Oc4ccc5[nH]ccc5c4)c3)CC2)=C(c2ccc(Cl)cc2)C1. The van der Waals surface area contributed by atoms with Crippen molar-refractivity contribution < 1.29 is 28.0 Å². The van der Waals surface area contributed by atoms with Gasteiger partial charge in [-0.15, -0.1) is 0 Å². The van der Waals surface area contributed by atoms with Crippen molar-refractivity contribution in [2.24, 2.45) is 28.6 Å². The first kappa shape index (κ1) is 44.4. The number of hydrogen-bond acceptors (Lipinski definition) is 10. The summed E-state index contributed by atoms with van der Waals surface area (Å²) in [5.74, 6) is 0.760. The highest BCUT2D eigenvalue weighted by atomic mass is 35.5. The van der Waals surface area contributed by atoms with Crippen molar-refractivity contribution in [3.63, 3.8) is 0 Å². The highest BCUT2D eigenvalue weighted by molar-refractivity contribution is 7.90. The van der Waals surface area contributed by atoms with Crippen LogP contribution in [0.1, 0.15) is 81.1 Å². The fraction of sp³-hybridized carbons (Fsp3) is 0.431. The number of allylic oxidation sites excluding steroid dienone is 1. The molecular formula is C51H57ClN6O7S. The van der Waals surface area contributed by atoms with Crippen molar-refractivity contribution >= 4 is 61.1 Å². The number of rotatable bonds is 13. The van der Waals surface area contributed by atoms with Gasteiger partial charge < -0.3 is 25.0 Å². The fourth-order valence-corrected chi connectivity index (χ4v) is 13.1. The molecule has 4 saturated carbocycles. The molecule has 1 saturated heterocycles. The Bertz CT molecular complexity index is 2820. The summed E-state index contributed by atoms with van der Waals surface area (Å²) in [7, 11) is -4.57. The zero-order valence-corrected chi connectivity index (χ0v) is 39.0. The summed E-state index contributed by atoms with van der Waals surface area (Å²) in [6, 6.07) is 24.4. The third kappa shape index (κ3) is 9.04. The van der Waals surface area contributed by atoms with E-state index in [1.807, 2.05) is 36.5 Å². The Morgan fingerprint density at radius 2 is 1.71 bits per heavy atom. The molecule has 5 fully saturated rings. The Hall–Kier alpha value is -5.41. The first-order chi connectivity index (χ1) is 31.6. The van der Waals surface area contributed by atoms with Gasteiger partial charge in [-0.05, 0) is 152 Å². The number of aromatic amines is 1. The predicted octanol–water partition coefficient (Wildman–Crippen LogP) is 10.0. The Kier molecular flexibility index (Phi) is 11.7. The molecule has 0 spiro atoms. The highest BCUT2D eigenvalue weighted by Crippen LogP contribution is 2.60. The van der Waals surface area contributed by atoms with E-state index >= 15 is 0 Å². The van der Waals surface area contributed by atoms with E-state index in [9.17, 15) is 28.4 Å². The molecule has 4 bridgehead atoms. The second kappa shape index (κ2) is 17.3. The number of halogens is 1. The van der Waals surface area contributed by atoms with Crippen LogP contribution in [0.5, 0.6) is 11.5 Å². The predicted molar refractivity (Wildman–Crippen MR) is 258 cm³/mol. The average molecular weight is 934 g/mol. The first-order valence-corrected chi connectivity index (χ1v) is 25.1. The van der Waals surface area contributed by atoms with Crippen molar-refractivity contribution in [2.45, 2.75) is 76.2 Å². The molecule has 346 valence electrons. The van der Waals surface area contributed by atoms with Gasteiger partial charge in [0.1, 0.15) is 17.2 Å². The number of fused-ring (bicyclic) bond motifs is 1. The van der Waals surface area contributed by atoms with Crippen LogP contribution < -0.4 is 19.7 Å². The maximum absolute atomic E-state index is 14.1. The first-order valence-electron chi connectivity index (χ1n) is 23.2. The summed E-state index contributed by atoms with van der Waals surface area (Å²) in [5.41, 5.74) is 5.83. The van der Waals surface area contributed by atoms with Crippen molar-refractivity contribution in [3.8, 4) is 11.5 Å². The number of benzene rings is 4. The Labute approximate surface area is 390 Å². The normalized spacial score (nSPS) is 25.0. The zero-order chi connectivity index (χ0) is 46.0. The summed E-state index contributed by atoms with van der Waals surface area (Å²) < 4.78 is 36.3. The van der Waals surface area contributed by atoms with E-state index in [2.05, 4.69) is 50.8 Å². The van der Waals surface area contributed by atoms with Crippen LogP contribution in [0.25, 0.3) is 16.5 Å². The van der Waals surface area contributed by atoms with Gasteiger partial charge in [0.25, 0.3) is 21.6 Å². The number of amides is 1. The van der Waals surface area contributed by atoms with Crippen LogP contribution in [0.15, 0.2) is 102 Å². The monoisotopic (exact) mass is 932 g/mol. The number of aromatic nitrogens is 1. The molecular weight excluding hydrogens is 876 g/mol. The number of hydrogen-bond donors (Lipinski definition) is 4. The minimum atomic E-state index is -4.57. The van der Waals surface area contributed by atoms with Crippen LogP contribution in [-0.4, -0.2) is 79.6 Å². The van der Waals surface area contributed by atoms with E-state index < -0.39 is 31.4 Å². The summed E-state index contributed by atoms with van der Waals surface area (Å²) in [4.78, 5) is 33.3. The number of sulfonamides is 1. The van der Waals surface area contributed by atoms with Crippen LogP contribution in [0.2, 0.25) is 5.02 Å². The molecule has 4 N–H and O–H groups in total. The van der Waals surface area contributed by atoms with E-state index in [1.54, 1.807) is 24.3 Å². The lowest BCUT2D eigenvalue weighted by Crippen LogP contribution is -2.55. The number of piperazine rings is 1. The molecule has 1 aromatic heterocycles. The number of aliphatic hydroxyl groups excluding tert-OH is 1. The molecule has 6 aliphatic rings. The van der Waals surface area contributed by atoms with E-state index in [1.165, 1.54) is 28.8 Å². The Balaban J connectivity index is 0.860. The van der Waals surface area contributed by atoms with Crippen LogP contribution in [0.3, 0.4) is 0 Å². The maximum Gasteiger partial charge on any atom is 0.293 e.